The third kappa shape index (κ3) is 2.72. The van der Waals surface area contributed by atoms with E-state index in [0.717, 1.165) is 31.4 Å². The lowest BCUT2D eigenvalue weighted by molar-refractivity contribution is -0.148. The Balaban J connectivity index is 1.67. The van der Waals surface area contributed by atoms with Crippen LogP contribution in [0, 0.1) is 23.7 Å². The quantitative estimate of drug-likeness (QED) is 0.765. The van der Waals surface area contributed by atoms with Gasteiger partial charge in [0.25, 0.3) is 0 Å². The molecule has 0 aromatic carbocycles. The van der Waals surface area contributed by atoms with Crippen molar-refractivity contribution in [2.45, 2.75) is 43.9 Å². The number of hydrogen-bond donors (Lipinski definition) is 2. The lowest BCUT2D eigenvalue weighted by Crippen LogP contribution is -2.46. The first-order valence-electron chi connectivity index (χ1n) is 7.95. The van der Waals surface area contributed by atoms with Crippen LogP contribution in [0.15, 0.2) is 12.2 Å². The fourth-order valence-corrected chi connectivity index (χ4v) is 5.50. The number of nitrogens with one attached hydrogen (secondary N) is 1. The van der Waals surface area contributed by atoms with E-state index in [-0.39, 0.29) is 29.7 Å². The van der Waals surface area contributed by atoms with Crippen LogP contribution in [0.25, 0.3) is 0 Å². The Kier molecular flexibility index (Phi) is 4.29. The zero-order valence-corrected chi connectivity index (χ0v) is 13.1. The molecular weight excluding hydrogens is 286 g/mol. The number of carbonyl (C=O) groups excluding carboxylic acids is 1. The first-order chi connectivity index (χ1) is 10.1. The highest BCUT2D eigenvalue weighted by Crippen LogP contribution is 2.48. The van der Waals surface area contributed by atoms with Gasteiger partial charge < -0.3 is 10.4 Å². The minimum Gasteiger partial charge on any atom is -0.481 e. The molecular formula is C16H23NO3S. The van der Waals surface area contributed by atoms with Gasteiger partial charge in [0.1, 0.15) is 0 Å². The SMILES string of the molecule is CCSC1CCCC1NC(=O)[C@H]1C2C=CC(C2)[C@H]1C(=O)O. The summed E-state index contributed by atoms with van der Waals surface area (Å²) in [6.45, 7) is 2.14. The Morgan fingerprint density at radius 1 is 1.24 bits per heavy atom. The Labute approximate surface area is 129 Å². The summed E-state index contributed by atoms with van der Waals surface area (Å²) in [4.78, 5) is 24.1. The number of thioether (sulfide) groups is 1. The van der Waals surface area contributed by atoms with Crippen molar-refractivity contribution in [2.75, 3.05) is 5.75 Å². The van der Waals surface area contributed by atoms with Gasteiger partial charge in [0.15, 0.2) is 0 Å². The van der Waals surface area contributed by atoms with Crippen LogP contribution in [-0.2, 0) is 9.59 Å². The number of rotatable bonds is 5. The molecule has 1 amide bonds. The summed E-state index contributed by atoms with van der Waals surface area (Å²) in [6, 6.07) is 0.222. The van der Waals surface area contributed by atoms with Gasteiger partial charge in [0.2, 0.25) is 5.91 Å². The van der Waals surface area contributed by atoms with Crippen molar-refractivity contribution in [3.63, 3.8) is 0 Å². The van der Waals surface area contributed by atoms with Crippen LogP contribution in [0.5, 0.6) is 0 Å². The van der Waals surface area contributed by atoms with E-state index in [9.17, 15) is 14.7 Å². The van der Waals surface area contributed by atoms with Gasteiger partial charge in [-0.15, -0.1) is 0 Å². The monoisotopic (exact) mass is 309 g/mol. The number of hydrogen-bond acceptors (Lipinski definition) is 3. The molecule has 0 aromatic heterocycles. The van der Waals surface area contributed by atoms with Crippen LogP contribution in [0.2, 0.25) is 0 Å². The summed E-state index contributed by atoms with van der Waals surface area (Å²) in [5, 5.41) is 13.1. The van der Waals surface area contributed by atoms with Crippen molar-refractivity contribution < 1.29 is 14.7 Å². The van der Waals surface area contributed by atoms with Gasteiger partial charge in [-0.1, -0.05) is 25.5 Å². The van der Waals surface area contributed by atoms with Crippen LogP contribution in [0.3, 0.4) is 0 Å². The summed E-state index contributed by atoms with van der Waals surface area (Å²) in [7, 11) is 0. The molecule has 5 heteroatoms. The molecule has 4 unspecified atom stereocenters. The van der Waals surface area contributed by atoms with E-state index in [4.69, 9.17) is 0 Å². The topological polar surface area (TPSA) is 66.4 Å². The minimum atomic E-state index is -0.821. The molecule has 4 nitrogen and oxygen atoms in total. The van der Waals surface area contributed by atoms with Crippen molar-refractivity contribution in [1.82, 2.24) is 5.32 Å². The van der Waals surface area contributed by atoms with Gasteiger partial charge in [0.05, 0.1) is 11.8 Å². The molecule has 0 aliphatic heterocycles. The summed E-state index contributed by atoms with van der Waals surface area (Å²) in [5.74, 6) is -0.525. The predicted molar refractivity (Wildman–Crippen MR) is 83.1 cm³/mol. The molecule has 0 radical (unpaired) electrons. The molecule has 2 saturated carbocycles. The number of fused-ring (bicyclic) bond motifs is 2. The number of allylic oxidation sites excluding steroid dienone is 2. The molecule has 3 aliphatic carbocycles. The number of amides is 1. The van der Waals surface area contributed by atoms with E-state index in [1.165, 1.54) is 0 Å². The number of carboxylic acid groups (broad SMARTS) is 1. The largest absolute Gasteiger partial charge is 0.481 e. The van der Waals surface area contributed by atoms with Crippen LogP contribution in [0.1, 0.15) is 32.6 Å². The molecule has 6 atom stereocenters. The van der Waals surface area contributed by atoms with E-state index in [1.807, 2.05) is 23.9 Å². The van der Waals surface area contributed by atoms with E-state index >= 15 is 0 Å². The molecule has 2 fully saturated rings. The predicted octanol–water partition coefficient (Wildman–Crippen LogP) is 2.30. The molecule has 0 saturated heterocycles. The van der Waals surface area contributed by atoms with Gasteiger partial charge in [-0.3, -0.25) is 9.59 Å². The summed E-state index contributed by atoms with van der Waals surface area (Å²) < 4.78 is 0. The summed E-state index contributed by atoms with van der Waals surface area (Å²) in [6.07, 6.45) is 8.19. The maximum atomic E-state index is 12.6. The van der Waals surface area contributed by atoms with Crippen molar-refractivity contribution >= 4 is 23.6 Å². The molecule has 0 spiro atoms. The zero-order valence-electron chi connectivity index (χ0n) is 12.3. The van der Waals surface area contributed by atoms with E-state index < -0.39 is 11.9 Å². The molecule has 0 heterocycles. The Morgan fingerprint density at radius 3 is 2.62 bits per heavy atom. The minimum absolute atomic E-state index is 0.0344. The van der Waals surface area contributed by atoms with Crippen LogP contribution in [-0.4, -0.2) is 34.0 Å². The van der Waals surface area contributed by atoms with E-state index in [0.29, 0.717) is 5.25 Å². The van der Waals surface area contributed by atoms with Crippen LogP contribution < -0.4 is 5.32 Å². The highest BCUT2D eigenvalue weighted by atomic mass is 32.2. The summed E-state index contributed by atoms with van der Waals surface area (Å²) in [5.41, 5.74) is 0. The van der Waals surface area contributed by atoms with Crippen molar-refractivity contribution in [3.05, 3.63) is 12.2 Å². The lowest BCUT2D eigenvalue weighted by atomic mass is 9.82. The number of carbonyl (C=O) groups is 2. The third-order valence-electron chi connectivity index (χ3n) is 5.21. The highest BCUT2D eigenvalue weighted by Gasteiger charge is 2.52. The normalized spacial score (nSPS) is 40.6. The number of carboxylic acids is 1. The van der Waals surface area contributed by atoms with Crippen LogP contribution >= 0.6 is 11.8 Å². The van der Waals surface area contributed by atoms with Crippen molar-refractivity contribution in [2.24, 2.45) is 23.7 Å². The standard InChI is InChI=1S/C16H23NO3S/c1-2-21-12-5-3-4-11(12)17-15(18)13-9-6-7-10(8-9)14(13)16(19)20/h6-7,9-14H,2-5,8H2,1H3,(H,17,18)(H,19,20)/t9?,10?,11?,12?,13-,14+/m0/s1. The first-order valence-corrected chi connectivity index (χ1v) is 8.99. The second-order valence-electron chi connectivity index (χ2n) is 6.38. The average molecular weight is 309 g/mol. The van der Waals surface area contributed by atoms with Gasteiger partial charge in [0, 0.05) is 11.3 Å². The van der Waals surface area contributed by atoms with Crippen molar-refractivity contribution in [3.8, 4) is 0 Å². The molecule has 0 aromatic rings. The average Bonchev–Trinajstić information content (AvgIpc) is 3.14. The highest BCUT2D eigenvalue weighted by molar-refractivity contribution is 7.99. The van der Waals surface area contributed by atoms with Gasteiger partial charge in [-0.2, -0.15) is 11.8 Å². The molecule has 3 aliphatic rings. The smallest absolute Gasteiger partial charge is 0.307 e. The van der Waals surface area contributed by atoms with E-state index in [1.54, 1.807) is 0 Å². The molecule has 2 N–H and O–H groups in total. The van der Waals surface area contributed by atoms with Crippen LogP contribution in [0.4, 0.5) is 0 Å². The Hall–Kier alpha value is -0.970. The van der Waals surface area contributed by atoms with Gasteiger partial charge in [-0.05, 0) is 36.9 Å². The third-order valence-corrected chi connectivity index (χ3v) is 6.53. The Morgan fingerprint density at radius 2 is 1.95 bits per heavy atom. The zero-order chi connectivity index (χ0) is 15.0. The second-order valence-corrected chi connectivity index (χ2v) is 7.89. The lowest BCUT2D eigenvalue weighted by Gasteiger charge is -2.27. The summed E-state index contributed by atoms with van der Waals surface area (Å²) >= 11 is 1.91. The molecule has 116 valence electrons. The van der Waals surface area contributed by atoms with Crippen molar-refractivity contribution in [1.29, 1.82) is 0 Å². The maximum Gasteiger partial charge on any atom is 0.307 e. The first kappa shape index (κ1) is 14.9. The Bertz CT molecular complexity index is 464. The van der Waals surface area contributed by atoms with E-state index in [2.05, 4.69) is 12.2 Å². The van der Waals surface area contributed by atoms with Gasteiger partial charge >= 0.3 is 5.97 Å². The molecule has 2 bridgehead atoms. The van der Waals surface area contributed by atoms with Gasteiger partial charge in [-0.25, -0.2) is 0 Å². The molecule has 21 heavy (non-hydrogen) atoms. The fraction of sp³-hybridized carbons (Fsp3) is 0.750. The fourth-order valence-electron chi connectivity index (χ4n) is 4.30. The second kappa shape index (κ2) is 6.03. The molecule has 3 rings (SSSR count). The maximum absolute atomic E-state index is 12.6. The number of aliphatic carboxylic acids is 1.